The summed E-state index contributed by atoms with van der Waals surface area (Å²) >= 11 is 0. The van der Waals surface area contributed by atoms with Crippen LogP contribution >= 0.6 is 0 Å². The van der Waals surface area contributed by atoms with E-state index >= 15 is 0 Å². The molecule has 0 bridgehead atoms. The molecule has 2 aromatic rings. The van der Waals surface area contributed by atoms with Crippen molar-refractivity contribution in [3.05, 3.63) is 35.9 Å². The lowest BCUT2D eigenvalue weighted by Crippen LogP contribution is -2.44. The van der Waals surface area contributed by atoms with Crippen molar-refractivity contribution in [2.24, 2.45) is 0 Å². The highest BCUT2D eigenvalue weighted by Gasteiger charge is 2.26. The van der Waals surface area contributed by atoms with E-state index in [1.807, 2.05) is 23.0 Å². The highest BCUT2D eigenvalue weighted by Crippen LogP contribution is 2.22. The number of carbonyl (C=O) groups is 1. The number of tetrazole rings is 1. The minimum atomic E-state index is 0.258. The molecule has 0 aromatic carbocycles. The van der Waals surface area contributed by atoms with Crippen molar-refractivity contribution in [3.63, 3.8) is 0 Å². The standard InChI is InChI=1S/C22H33N7O2/c30-22(28-12-4-2-7-20(28)10-9-19-6-1-3-11-23-19)8-5-13-29-21(24-25-26-29)18-27-14-16-31-17-15-27/h1,3,6,11,20H,2,4-5,7-10,12-18H2/t20-/m0/s1. The maximum Gasteiger partial charge on any atom is 0.222 e. The summed E-state index contributed by atoms with van der Waals surface area (Å²) in [5, 5.41) is 12.2. The molecule has 0 aliphatic carbocycles. The third-order valence-corrected chi connectivity index (χ3v) is 6.24. The summed E-state index contributed by atoms with van der Waals surface area (Å²) in [6.45, 7) is 5.59. The molecule has 9 heteroatoms. The first kappa shape index (κ1) is 21.8. The summed E-state index contributed by atoms with van der Waals surface area (Å²) in [6, 6.07) is 6.36. The van der Waals surface area contributed by atoms with Gasteiger partial charge in [-0.1, -0.05) is 6.07 Å². The van der Waals surface area contributed by atoms with Crippen LogP contribution in [-0.4, -0.2) is 79.8 Å². The van der Waals surface area contributed by atoms with Crippen LogP contribution in [0.2, 0.25) is 0 Å². The van der Waals surface area contributed by atoms with Gasteiger partial charge in [-0.2, -0.15) is 0 Å². The lowest BCUT2D eigenvalue weighted by molar-refractivity contribution is -0.135. The zero-order valence-electron chi connectivity index (χ0n) is 18.2. The zero-order chi connectivity index (χ0) is 21.3. The van der Waals surface area contributed by atoms with E-state index in [9.17, 15) is 4.79 Å². The number of morpholine rings is 1. The largest absolute Gasteiger partial charge is 0.379 e. The molecule has 0 N–H and O–H groups in total. The fourth-order valence-electron chi connectivity index (χ4n) is 4.48. The van der Waals surface area contributed by atoms with Gasteiger partial charge in [-0.15, -0.1) is 5.10 Å². The van der Waals surface area contributed by atoms with Gasteiger partial charge in [0.15, 0.2) is 5.82 Å². The third-order valence-electron chi connectivity index (χ3n) is 6.24. The summed E-state index contributed by atoms with van der Waals surface area (Å²) in [4.78, 5) is 21.8. The number of likely N-dealkylation sites (tertiary alicyclic amines) is 1. The Morgan fingerprint density at radius 1 is 1.16 bits per heavy atom. The number of rotatable bonds is 9. The minimum absolute atomic E-state index is 0.258. The molecule has 168 valence electrons. The van der Waals surface area contributed by atoms with Gasteiger partial charge in [-0.25, -0.2) is 4.68 Å². The predicted octanol–water partition coefficient (Wildman–Crippen LogP) is 1.69. The van der Waals surface area contributed by atoms with Crippen LogP contribution in [0.25, 0.3) is 0 Å². The molecule has 31 heavy (non-hydrogen) atoms. The predicted molar refractivity (Wildman–Crippen MR) is 115 cm³/mol. The Bertz CT molecular complexity index is 807. The van der Waals surface area contributed by atoms with E-state index in [1.165, 1.54) is 6.42 Å². The molecular formula is C22H33N7O2. The van der Waals surface area contributed by atoms with E-state index in [1.54, 1.807) is 0 Å². The average molecular weight is 428 g/mol. The highest BCUT2D eigenvalue weighted by molar-refractivity contribution is 5.76. The van der Waals surface area contributed by atoms with Gasteiger partial charge < -0.3 is 9.64 Å². The minimum Gasteiger partial charge on any atom is -0.379 e. The van der Waals surface area contributed by atoms with Crippen molar-refractivity contribution in [2.75, 3.05) is 32.8 Å². The van der Waals surface area contributed by atoms with Crippen molar-refractivity contribution >= 4 is 5.91 Å². The van der Waals surface area contributed by atoms with Gasteiger partial charge >= 0.3 is 0 Å². The molecule has 2 aliphatic rings. The van der Waals surface area contributed by atoms with Crippen LogP contribution < -0.4 is 0 Å². The van der Waals surface area contributed by atoms with E-state index in [0.29, 0.717) is 19.0 Å². The molecule has 1 atom stereocenters. The van der Waals surface area contributed by atoms with E-state index in [2.05, 4.69) is 36.4 Å². The zero-order valence-corrected chi connectivity index (χ0v) is 18.2. The monoisotopic (exact) mass is 427 g/mol. The summed E-state index contributed by atoms with van der Waals surface area (Å²) in [5.74, 6) is 1.12. The van der Waals surface area contributed by atoms with Crippen molar-refractivity contribution in [2.45, 2.75) is 64.1 Å². The molecule has 2 saturated heterocycles. The number of hydrogen-bond donors (Lipinski definition) is 0. The molecule has 0 spiro atoms. The lowest BCUT2D eigenvalue weighted by atomic mass is 9.96. The summed E-state index contributed by atoms with van der Waals surface area (Å²) in [5.41, 5.74) is 1.10. The Morgan fingerprint density at radius 3 is 2.90 bits per heavy atom. The van der Waals surface area contributed by atoms with Crippen LogP contribution in [0.4, 0.5) is 0 Å². The van der Waals surface area contributed by atoms with Gasteiger partial charge in [-0.3, -0.25) is 14.7 Å². The van der Waals surface area contributed by atoms with Gasteiger partial charge in [0.05, 0.1) is 19.8 Å². The Kier molecular flexibility index (Phi) is 7.95. The normalized spacial score (nSPS) is 20.1. The molecule has 1 amide bonds. The average Bonchev–Trinajstić information content (AvgIpc) is 3.26. The van der Waals surface area contributed by atoms with E-state index in [0.717, 1.165) is 83.0 Å². The molecule has 0 unspecified atom stereocenters. The van der Waals surface area contributed by atoms with Crippen molar-refractivity contribution in [1.29, 1.82) is 0 Å². The molecule has 0 saturated carbocycles. The fraction of sp³-hybridized carbons (Fsp3) is 0.682. The number of ether oxygens (including phenoxy) is 1. The number of pyridine rings is 1. The smallest absolute Gasteiger partial charge is 0.222 e. The van der Waals surface area contributed by atoms with E-state index in [-0.39, 0.29) is 5.91 Å². The van der Waals surface area contributed by atoms with Gasteiger partial charge in [0.1, 0.15) is 0 Å². The maximum atomic E-state index is 13.0. The van der Waals surface area contributed by atoms with Gasteiger partial charge in [0.25, 0.3) is 0 Å². The number of aryl methyl sites for hydroxylation is 2. The Balaban J connectivity index is 1.24. The van der Waals surface area contributed by atoms with Crippen LogP contribution in [0.3, 0.4) is 0 Å². The first-order chi connectivity index (χ1) is 15.3. The van der Waals surface area contributed by atoms with Gasteiger partial charge in [0.2, 0.25) is 5.91 Å². The maximum absolute atomic E-state index is 13.0. The first-order valence-electron chi connectivity index (χ1n) is 11.5. The number of amides is 1. The SMILES string of the molecule is O=C(CCCn1nnnc1CN1CCOCC1)N1CCCC[C@H]1CCc1ccccn1. The first-order valence-corrected chi connectivity index (χ1v) is 11.5. The van der Waals surface area contributed by atoms with Crippen molar-refractivity contribution < 1.29 is 9.53 Å². The summed E-state index contributed by atoms with van der Waals surface area (Å²) in [7, 11) is 0. The second-order valence-electron chi connectivity index (χ2n) is 8.41. The van der Waals surface area contributed by atoms with E-state index < -0.39 is 0 Å². The van der Waals surface area contributed by atoms with Gasteiger partial charge in [0, 0.05) is 50.5 Å². The number of piperidine rings is 1. The summed E-state index contributed by atoms with van der Waals surface area (Å²) < 4.78 is 7.25. The van der Waals surface area contributed by atoms with E-state index in [4.69, 9.17) is 4.74 Å². The van der Waals surface area contributed by atoms with Crippen LogP contribution in [0, 0.1) is 0 Å². The fourth-order valence-corrected chi connectivity index (χ4v) is 4.48. The lowest BCUT2D eigenvalue weighted by Gasteiger charge is -2.36. The van der Waals surface area contributed by atoms with Crippen LogP contribution in [0.15, 0.2) is 24.4 Å². The number of hydrogen-bond acceptors (Lipinski definition) is 7. The Hall–Kier alpha value is -2.39. The van der Waals surface area contributed by atoms with Crippen molar-refractivity contribution in [3.8, 4) is 0 Å². The Morgan fingerprint density at radius 2 is 2.06 bits per heavy atom. The third kappa shape index (κ3) is 6.30. The van der Waals surface area contributed by atoms with Crippen molar-refractivity contribution in [1.82, 2.24) is 35.0 Å². The number of nitrogens with zero attached hydrogens (tertiary/aromatic N) is 7. The number of aromatic nitrogens is 5. The molecule has 2 fully saturated rings. The molecule has 4 rings (SSSR count). The van der Waals surface area contributed by atoms with Crippen LogP contribution in [0.1, 0.15) is 50.0 Å². The molecule has 2 aliphatic heterocycles. The molecule has 2 aromatic heterocycles. The van der Waals surface area contributed by atoms with Gasteiger partial charge in [-0.05, 0) is 61.1 Å². The number of carbonyl (C=O) groups excluding carboxylic acids is 1. The molecular weight excluding hydrogens is 394 g/mol. The molecule has 4 heterocycles. The quantitative estimate of drug-likeness (QED) is 0.602. The van der Waals surface area contributed by atoms with Crippen LogP contribution in [0.5, 0.6) is 0 Å². The summed E-state index contributed by atoms with van der Waals surface area (Å²) in [6.07, 6.45) is 8.43. The van der Waals surface area contributed by atoms with Crippen LogP contribution in [-0.2, 0) is 29.0 Å². The molecule has 9 nitrogen and oxygen atoms in total. The highest BCUT2D eigenvalue weighted by atomic mass is 16.5. The second kappa shape index (κ2) is 11.3. The molecule has 0 radical (unpaired) electrons. The Labute approximate surface area is 183 Å². The second-order valence-corrected chi connectivity index (χ2v) is 8.41. The topological polar surface area (TPSA) is 89.3 Å².